The second-order valence-electron chi connectivity index (χ2n) is 6.75. The van der Waals surface area contributed by atoms with Gasteiger partial charge in [-0.15, -0.1) is 0 Å². The Labute approximate surface area is 142 Å². The van der Waals surface area contributed by atoms with E-state index in [1.165, 1.54) is 6.92 Å². The summed E-state index contributed by atoms with van der Waals surface area (Å²) in [5.41, 5.74) is -0.819. The topological polar surface area (TPSA) is 69.7 Å². The van der Waals surface area contributed by atoms with Crippen LogP contribution < -0.4 is 0 Å². The summed E-state index contributed by atoms with van der Waals surface area (Å²) in [4.78, 5) is 37.7. The molecule has 2 rings (SSSR count). The van der Waals surface area contributed by atoms with Crippen LogP contribution in [-0.4, -0.2) is 29.9 Å². The third-order valence-corrected chi connectivity index (χ3v) is 4.16. The van der Waals surface area contributed by atoms with Crippen molar-refractivity contribution >= 4 is 17.7 Å². The predicted octanol–water partition coefficient (Wildman–Crippen LogP) is 2.88. The molecule has 0 aromatic heterocycles. The minimum Gasteiger partial charge on any atom is -0.462 e. The molecule has 2 atom stereocenters. The summed E-state index contributed by atoms with van der Waals surface area (Å²) in [6.07, 6.45) is -0.767. The molecule has 0 bridgehead atoms. The van der Waals surface area contributed by atoms with Crippen LogP contribution in [0.15, 0.2) is 30.3 Å². The van der Waals surface area contributed by atoms with E-state index in [-0.39, 0.29) is 18.0 Å². The fourth-order valence-corrected chi connectivity index (χ4v) is 3.27. The van der Waals surface area contributed by atoms with Gasteiger partial charge in [-0.25, -0.2) is 0 Å². The predicted molar refractivity (Wildman–Crippen MR) is 88.2 cm³/mol. The minimum atomic E-state index is -1.58. The molecule has 0 heterocycles. The van der Waals surface area contributed by atoms with Crippen molar-refractivity contribution in [3.63, 3.8) is 0 Å². The second-order valence-corrected chi connectivity index (χ2v) is 6.75. The van der Waals surface area contributed by atoms with Crippen LogP contribution in [0.3, 0.4) is 0 Å². The van der Waals surface area contributed by atoms with Gasteiger partial charge >= 0.3 is 11.9 Å². The summed E-state index contributed by atoms with van der Waals surface area (Å²) < 4.78 is 10.6. The summed E-state index contributed by atoms with van der Waals surface area (Å²) in [7, 11) is 0. The van der Waals surface area contributed by atoms with E-state index in [9.17, 15) is 14.4 Å². The highest BCUT2D eigenvalue weighted by Gasteiger charge is 2.78. The maximum absolute atomic E-state index is 12.8. The van der Waals surface area contributed by atoms with Gasteiger partial charge < -0.3 is 9.47 Å². The van der Waals surface area contributed by atoms with E-state index in [0.29, 0.717) is 0 Å². The van der Waals surface area contributed by atoms with E-state index in [1.54, 1.807) is 27.7 Å². The zero-order chi connectivity index (χ0) is 18.1. The van der Waals surface area contributed by atoms with E-state index >= 15 is 0 Å². The van der Waals surface area contributed by atoms with Crippen molar-refractivity contribution < 1.29 is 23.9 Å². The average Bonchev–Trinajstić information content (AvgIpc) is 3.18. The first kappa shape index (κ1) is 18.2. The number of ketones is 1. The van der Waals surface area contributed by atoms with E-state index in [4.69, 9.17) is 9.47 Å². The molecule has 1 saturated carbocycles. The van der Waals surface area contributed by atoms with Crippen molar-refractivity contribution in [1.29, 1.82) is 0 Å². The zero-order valence-electron chi connectivity index (χ0n) is 14.7. The Bertz CT molecular complexity index is 610. The number of benzene rings is 1. The molecule has 0 unspecified atom stereocenters. The van der Waals surface area contributed by atoms with Gasteiger partial charge in [0.2, 0.25) is 0 Å². The second kappa shape index (κ2) is 6.75. The molecule has 1 aromatic carbocycles. The average molecular weight is 332 g/mol. The normalized spacial score (nSPS) is 21.5. The van der Waals surface area contributed by atoms with Crippen LogP contribution in [-0.2, 0) is 23.9 Å². The maximum atomic E-state index is 12.8. The molecule has 5 heteroatoms. The van der Waals surface area contributed by atoms with Gasteiger partial charge in [-0.05, 0) is 40.2 Å². The van der Waals surface area contributed by atoms with E-state index in [2.05, 4.69) is 0 Å². The third-order valence-electron chi connectivity index (χ3n) is 4.16. The molecule has 0 aliphatic heterocycles. The summed E-state index contributed by atoms with van der Waals surface area (Å²) in [6.45, 7) is 8.24. The molecule has 5 nitrogen and oxygen atoms in total. The molecule has 1 aromatic rings. The lowest BCUT2D eigenvalue weighted by atomic mass is 9.98. The monoisotopic (exact) mass is 332 g/mol. The Morgan fingerprint density at radius 1 is 0.917 bits per heavy atom. The molecule has 1 aliphatic rings. The SMILES string of the molecule is CC(=O)[C@@H]1[C@@H](c2ccccc2)C1(C(=O)OC(C)C)C(=O)OC(C)C. The van der Waals surface area contributed by atoms with Crippen LogP contribution in [0.4, 0.5) is 0 Å². The molecule has 0 N–H and O–H groups in total. The Hall–Kier alpha value is -2.17. The standard InChI is InChI=1S/C19H24O5/c1-11(2)23-17(21)19(18(22)24-12(3)4)15(13(5)20)16(19)14-9-7-6-8-10-14/h6-12,15-16H,1-5H3/t15-,16-/m1/s1. The fraction of sp³-hybridized carbons (Fsp3) is 0.526. The number of carbonyl (C=O) groups excluding carboxylic acids is 3. The number of hydrogen-bond donors (Lipinski definition) is 0. The summed E-state index contributed by atoms with van der Waals surface area (Å²) >= 11 is 0. The van der Waals surface area contributed by atoms with E-state index in [1.807, 2.05) is 30.3 Å². The van der Waals surface area contributed by atoms with Gasteiger partial charge in [0.1, 0.15) is 5.78 Å². The van der Waals surface area contributed by atoms with Gasteiger partial charge in [0.25, 0.3) is 0 Å². The van der Waals surface area contributed by atoms with Crippen molar-refractivity contribution in [1.82, 2.24) is 0 Å². The number of carbonyl (C=O) groups is 3. The smallest absolute Gasteiger partial charge is 0.325 e. The maximum Gasteiger partial charge on any atom is 0.325 e. The number of esters is 2. The molecule has 1 fully saturated rings. The lowest BCUT2D eigenvalue weighted by molar-refractivity contribution is -0.170. The van der Waals surface area contributed by atoms with Gasteiger partial charge in [0.05, 0.1) is 18.1 Å². The molecular formula is C19H24O5. The van der Waals surface area contributed by atoms with Crippen molar-refractivity contribution in [3.05, 3.63) is 35.9 Å². The largest absolute Gasteiger partial charge is 0.462 e. The number of rotatable bonds is 6. The first-order valence-corrected chi connectivity index (χ1v) is 8.20. The van der Waals surface area contributed by atoms with E-state index < -0.39 is 29.2 Å². The lowest BCUT2D eigenvalue weighted by Crippen LogP contribution is -2.36. The van der Waals surface area contributed by atoms with Crippen LogP contribution in [0.25, 0.3) is 0 Å². The molecular weight excluding hydrogens is 308 g/mol. The van der Waals surface area contributed by atoms with Crippen LogP contribution in [0.1, 0.15) is 46.1 Å². The highest BCUT2D eigenvalue weighted by Crippen LogP contribution is 2.66. The first-order valence-electron chi connectivity index (χ1n) is 8.20. The van der Waals surface area contributed by atoms with Gasteiger partial charge in [-0.2, -0.15) is 0 Å². The lowest BCUT2D eigenvalue weighted by Gasteiger charge is -2.19. The molecule has 130 valence electrons. The van der Waals surface area contributed by atoms with Gasteiger partial charge in [-0.3, -0.25) is 14.4 Å². The zero-order valence-corrected chi connectivity index (χ0v) is 14.7. The Balaban J connectivity index is 2.50. The Morgan fingerprint density at radius 3 is 1.75 bits per heavy atom. The quantitative estimate of drug-likeness (QED) is 0.592. The Morgan fingerprint density at radius 2 is 1.38 bits per heavy atom. The third kappa shape index (κ3) is 3.07. The van der Waals surface area contributed by atoms with Gasteiger partial charge in [-0.1, -0.05) is 30.3 Å². The highest BCUT2D eigenvalue weighted by molar-refractivity contribution is 6.12. The van der Waals surface area contributed by atoms with Crippen LogP contribution in [0.2, 0.25) is 0 Å². The number of ether oxygens (including phenoxy) is 2. The van der Waals surface area contributed by atoms with E-state index in [0.717, 1.165) is 5.56 Å². The summed E-state index contributed by atoms with van der Waals surface area (Å²) in [6, 6.07) is 9.10. The first-order chi connectivity index (χ1) is 11.2. The highest BCUT2D eigenvalue weighted by atomic mass is 16.6. The number of hydrogen-bond acceptors (Lipinski definition) is 5. The molecule has 0 radical (unpaired) electrons. The van der Waals surface area contributed by atoms with Gasteiger partial charge in [0.15, 0.2) is 5.41 Å². The summed E-state index contributed by atoms with van der Waals surface area (Å²) in [5, 5.41) is 0. The minimum absolute atomic E-state index is 0.217. The van der Waals surface area contributed by atoms with Gasteiger partial charge in [0, 0.05) is 5.92 Å². The molecule has 24 heavy (non-hydrogen) atoms. The number of Topliss-reactive ketones (excluding diaryl/α,β-unsaturated/α-hetero) is 1. The fourth-order valence-electron chi connectivity index (χ4n) is 3.27. The molecule has 0 amide bonds. The molecule has 0 spiro atoms. The molecule has 0 saturated heterocycles. The van der Waals surface area contributed by atoms with Crippen molar-refractivity contribution in [2.45, 2.75) is 52.7 Å². The van der Waals surface area contributed by atoms with Crippen molar-refractivity contribution in [2.24, 2.45) is 11.3 Å². The van der Waals surface area contributed by atoms with Crippen molar-refractivity contribution in [2.75, 3.05) is 0 Å². The van der Waals surface area contributed by atoms with Crippen LogP contribution >= 0.6 is 0 Å². The van der Waals surface area contributed by atoms with Crippen LogP contribution in [0, 0.1) is 11.3 Å². The Kier molecular flexibility index (Phi) is 5.11. The molecule has 1 aliphatic carbocycles. The van der Waals surface area contributed by atoms with Crippen LogP contribution in [0.5, 0.6) is 0 Å². The van der Waals surface area contributed by atoms with Crippen molar-refractivity contribution in [3.8, 4) is 0 Å². The summed E-state index contributed by atoms with van der Waals surface area (Å²) in [5.74, 6) is -2.88.